The lowest BCUT2D eigenvalue weighted by atomic mass is 10.1. The van der Waals surface area contributed by atoms with E-state index in [0.29, 0.717) is 34.1 Å². The molecule has 0 spiro atoms. The smallest absolute Gasteiger partial charge is 0.406 e. The fraction of sp³-hybridized carbons (Fsp3) is 0.143. The number of hydrogen-bond acceptors (Lipinski definition) is 6. The average molecular weight is 411 g/mol. The number of ether oxygens (including phenoxy) is 1. The van der Waals surface area contributed by atoms with E-state index in [1.807, 2.05) is 31.2 Å². The minimum absolute atomic E-state index is 0.297. The largest absolute Gasteiger partial charge is 0.573 e. The summed E-state index contributed by atoms with van der Waals surface area (Å²) in [6.07, 6.45) is -3.02. The second-order valence-corrected chi connectivity index (χ2v) is 6.55. The lowest BCUT2D eigenvalue weighted by Gasteiger charge is -2.12. The van der Waals surface area contributed by atoms with Crippen molar-refractivity contribution in [1.82, 2.24) is 19.9 Å². The third-order valence-electron chi connectivity index (χ3n) is 4.27. The predicted molar refractivity (Wildman–Crippen MR) is 106 cm³/mol. The molecule has 3 aromatic heterocycles. The van der Waals surface area contributed by atoms with Gasteiger partial charge in [0.2, 0.25) is 0 Å². The number of hydrogen-bond donors (Lipinski definition) is 1. The van der Waals surface area contributed by atoms with Crippen LogP contribution in [0.1, 0.15) is 11.4 Å². The second kappa shape index (κ2) is 7.58. The molecule has 1 N–H and O–H groups in total. The summed E-state index contributed by atoms with van der Waals surface area (Å²) in [4.78, 5) is 17.8. The van der Waals surface area contributed by atoms with Crippen molar-refractivity contribution in [3.05, 3.63) is 66.1 Å². The summed E-state index contributed by atoms with van der Waals surface area (Å²) < 4.78 is 40.9. The molecule has 0 amide bonds. The summed E-state index contributed by atoms with van der Waals surface area (Å²) in [6.45, 7) is 3.70. The SMILES string of the molecule is Cc1nc(Nc2ccc(OC(F)(F)F)cc2)c2ccc(-c3ncccc3C)nc2n1. The van der Waals surface area contributed by atoms with Crippen molar-refractivity contribution in [2.75, 3.05) is 5.32 Å². The predicted octanol–water partition coefficient (Wildman–Crippen LogP) is 5.35. The van der Waals surface area contributed by atoms with Crippen LogP contribution in [0.4, 0.5) is 24.7 Å². The van der Waals surface area contributed by atoms with Crippen LogP contribution in [0.3, 0.4) is 0 Å². The van der Waals surface area contributed by atoms with E-state index in [1.165, 1.54) is 24.3 Å². The third kappa shape index (κ3) is 4.29. The minimum Gasteiger partial charge on any atom is -0.406 e. The van der Waals surface area contributed by atoms with Gasteiger partial charge in [0.15, 0.2) is 5.65 Å². The van der Waals surface area contributed by atoms with Crippen LogP contribution < -0.4 is 10.1 Å². The van der Waals surface area contributed by atoms with Gasteiger partial charge in [-0.15, -0.1) is 13.2 Å². The van der Waals surface area contributed by atoms with Gasteiger partial charge in [0.25, 0.3) is 0 Å². The van der Waals surface area contributed by atoms with Crippen molar-refractivity contribution in [3.8, 4) is 17.1 Å². The fourth-order valence-corrected chi connectivity index (χ4v) is 2.98. The first-order valence-corrected chi connectivity index (χ1v) is 8.99. The number of fused-ring (bicyclic) bond motifs is 1. The van der Waals surface area contributed by atoms with Crippen molar-refractivity contribution in [2.45, 2.75) is 20.2 Å². The molecule has 0 bridgehead atoms. The van der Waals surface area contributed by atoms with E-state index in [0.717, 1.165) is 11.3 Å². The zero-order chi connectivity index (χ0) is 21.3. The van der Waals surface area contributed by atoms with Crippen LogP contribution in [-0.2, 0) is 0 Å². The molecular weight excluding hydrogens is 395 g/mol. The molecule has 0 saturated heterocycles. The van der Waals surface area contributed by atoms with Crippen LogP contribution in [0.5, 0.6) is 5.75 Å². The highest BCUT2D eigenvalue weighted by Crippen LogP contribution is 2.28. The van der Waals surface area contributed by atoms with E-state index in [4.69, 9.17) is 0 Å². The maximum Gasteiger partial charge on any atom is 0.573 e. The number of aryl methyl sites for hydroxylation is 2. The van der Waals surface area contributed by atoms with Gasteiger partial charge in [-0.3, -0.25) is 4.98 Å². The van der Waals surface area contributed by atoms with Crippen LogP contribution in [-0.4, -0.2) is 26.3 Å². The molecule has 0 aliphatic rings. The Hall–Kier alpha value is -3.75. The minimum atomic E-state index is -4.73. The highest BCUT2D eigenvalue weighted by molar-refractivity contribution is 5.90. The number of rotatable bonds is 4. The molecule has 0 unspecified atom stereocenters. The van der Waals surface area contributed by atoms with Crippen LogP contribution in [0.25, 0.3) is 22.4 Å². The molecule has 9 heteroatoms. The van der Waals surface area contributed by atoms with Gasteiger partial charge in [-0.1, -0.05) is 6.07 Å². The monoisotopic (exact) mass is 411 g/mol. The molecule has 6 nitrogen and oxygen atoms in total. The first-order chi connectivity index (χ1) is 14.3. The van der Waals surface area contributed by atoms with Gasteiger partial charge < -0.3 is 10.1 Å². The molecule has 0 fully saturated rings. The molecular formula is C21H16F3N5O. The van der Waals surface area contributed by atoms with Crippen molar-refractivity contribution in [2.24, 2.45) is 0 Å². The highest BCUT2D eigenvalue weighted by atomic mass is 19.4. The number of pyridine rings is 2. The van der Waals surface area contributed by atoms with Crippen molar-refractivity contribution in [1.29, 1.82) is 0 Å². The maximum atomic E-state index is 12.3. The molecule has 4 rings (SSSR count). The van der Waals surface area contributed by atoms with Crippen LogP contribution in [0.15, 0.2) is 54.7 Å². The van der Waals surface area contributed by atoms with Crippen LogP contribution in [0.2, 0.25) is 0 Å². The summed E-state index contributed by atoms with van der Waals surface area (Å²) >= 11 is 0. The summed E-state index contributed by atoms with van der Waals surface area (Å²) in [7, 11) is 0. The van der Waals surface area contributed by atoms with Crippen molar-refractivity contribution < 1.29 is 17.9 Å². The van der Waals surface area contributed by atoms with E-state index >= 15 is 0 Å². The third-order valence-corrected chi connectivity index (χ3v) is 4.27. The zero-order valence-corrected chi connectivity index (χ0v) is 16.0. The first kappa shape index (κ1) is 19.6. The molecule has 152 valence electrons. The van der Waals surface area contributed by atoms with Gasteiger partial charge in [0.1, 0.15) is 17.4 Å². The molecule has 0 atom stereocenters. The first-order valence-electron chi connectivity index (χ1n) is 8.99. The summed E-state index contributed by atoms with van der Waals surface area (Å²) in [5.74, 6) is 0.706. The van der Waals surface area contributed by atoms with Crippen LogP contribution in [0, 0.1) is 13.8 Å². The Bertz CT molecular complexity index is 1210. The second-order valence-electron chi connectivity index (χ2n) is 6.55. The van der Waals surface area contributed by atoms with Crippen LogP contribution >= 0.6 is 0 Å². The average Bonchev–Trinajstić information content (AvgIpc) is 2.68. The maximum absolute atomic E-state index is 12.3. The lowest BCUT2D eigenvalue weighted by molar-refractivity contribution is -0.274. The number of anilines is 2. The number of halogens is 3. The topological polar surface area (TPSA) is 72.8 Å². The van der Waals surface area contributed by atoms with Crippen molar-refractivity contribution >= 4 is 22.5 Å². The molecule has 0 aliphatic carbocycles. The van der Waals surface area contributed by atoms with E-state index in [-0.39, 0.29) is 5.75 Å². The Balaban J connectivity index is 1.67. The van der Waals surface area contributed by atoms with Gasteiger partial charge in [0.05, 0.1) is 16.8 Å². The molecule has 3 heterocycles. The molecule has 1 aromatic carbocycles. The lowest BCUT2D eigenvalue weighted by Crippen LogP contribution is -2.17. The molecule has 0 saturated carbocycles. The summed E-state index contributed by atoms with van der Waals surface area (Å²) in [5.41, 5.74) is 3.50. The van der Waals surface area contributed by atoms with Gasteiger partial charge in [0, 0.05) is 11.9 Å². The van der Waals surface area contributed by atoms with E-state index < -0.39 is 6.36 Å². The normalized spacial score (nSPS) is 11.5. The van der Waals surface area contributed by atoms with Gasteiger partial charge in [-0.2, -0.15) is 0 Å². The number of nitrogens with zero attached hydrogens (tertiary/aromatic N) is 4. The molecule has 30 heavy (non-hydrogen) atoms. The molecule has 0 aliphatic heterocycles. The number of benzene rings is 1. The van der Waals surface area contributed by atoms with Gasteiger partial charge in [-0.05, 0) is 61.9 Å². The van der Waals surface area contributed by atoms with E-state index in [2.05, 4.69) is 30.0 Å². The Labute approximate surface area is 169 Å². The Morgan fingerprint density at radius 2 is 1.67 bits per heavy atom. The van der Waals surface area contributed by atoms with Crippen molar-refractivity contribution in [3.63, 3.8) is 0 Å². The number of alkyl halides is 3. The zero-order valence-electron chi connectivity index (χ0n) is 16.0. The standard InChI is InChI=1S/C21H16F3N5O/c1-12-4-3-11-25-18(12)17-10-9-16-19(26-13(2)27-20(16)29-17)28-14-5-7-15(8-6-14)30-21(22,23)24/h3-11H,1-2H3,(H,26,27,28,29). The summed E-state index contributed by atoms with van der Waals surface area (Å²) in [6, 6.07) is 12.9. The highest BCUT2D eigenvalue weighted by Gasteiger charge is 2.30. The Kier molecular flexibility index (Phi) is 4.94. The number of aromatic nitrogens is 4. The van der Waals surface area contributed by atoms with Gasteiger partial charge in [-0.25, -0.2) is 15.0 Å². The Morgan fingerprint density at radius 3 is 2.37 bits per heavy atom. The quantitative estimate of drug-likeness (QED) is 0.488. The summed E-state index contributed by atoms with van der Waals surface area (Å²) in [5, 5.41) is 3.78. The molecule has 4 aromatic rings. The number of nitrogens with one attached hydrogen (secondary N) is 1. The van der Waals surface area contributed by atoms with E-state index in [9.17, 15) is 13.2 Å². The Morgan fingerprint density at radius 1 is 0.900 bits per heavy atom. The fourth-order valence-electron chi connectivity index (χ4n) is 2.98. The van der Waals surface area contributed by atoms with E-state index in [1.54, 1.807) is 13.1 Å². The molecule has 0 radical (unpaired) electrons. The van der Waals surface area contributed by atoms with Gasteiger partial charge >= 0.3 is 6.36 Å².